The van der Waals surface area contributed by atoms with Crippen LogP contribution in [0, 0.1) is 0 Å². The van der Waals surface area contributed by atoms with Crippen LogP contribution in [0.5, 0.6) is 0 Å². The average molecular weight is 328 g/mol. The van der Waals surface area contributed by atoms with Crippen molar-refractivity contribution in [3.8, 4) is 11.4 Å². The van der Waals surface area contributed by atoms with Crippen molar-refractivity contribution in [3.05, 3.63) is 48.9 Å². The molecule has 0 saturated carbocycles. The Balaban J connectivity index is 1.70. The van der Waals surface area contributed by atoms with Crippen molar-refractivity contribution in [2.45, 2.75) is 6.54 Å². The summed E-state index contributed by atoms with van der Waals surface area (Å²) in [6.07, 6.45) is 1.69. The van der Waals surface area contributed by atoms with Crippen LogP contribution in [0.4, 0.5) is 4.79 Å². The maximum atomic E-state index is 12.6. The average Bonchev–Trinajstić information content (AvgIpc) is 3.11. The van der Waals surface area contributed by atoms with E-state index in [2.05, 4.69) is 16.7 Å². The van der Waals surface area contributed by atoms with E-state index in [0.29, 0.717) is 44.6 Å². The molecule has 2 heterocycles. The van der Waals surface area contributed by atoms with Crippen LogP contribution in [-0.2, 0) is 11.3 Å². The maximum Gasteiger partial charge on any atom is 0.320 e. The quantitative estimate of drug-likeness (QED) is 0.787. The number of ether oxygens (including phenoxy) is 1. The van der Waals surface area contributed by atoms with E-state index in [-0.39, 0.29) is 12.6 Å². The second kappa shape index (κ2) is 7.74. The van der Waals surface area contributed by atoms with Gasteiger partial charge in [0, 0.05) is 25.2 Å². The topological polar surface area (TPSA) is 71.7 Å². The summed E-state index contributed by atoms with van der Waals surface area (Å²) in [6.45, 7) is 6.69. The number of benzene rings is 1. The number of nitrogens with zero attached hydrogens (tertiary/aromatic N) is 4. The molecule has 1 aromatic carbocycles. The van der Waals surface area contributed by atoms with E-state index in [1.807, 2.05) is 30.3 Å². The van der Waals surface area contributed by atoms with Gasteiger partial charge in [0.25, 0.3) is 0 Å². The molecule has 0 atom stereocenters. The lowest BCUT2D eigenvalue weighted by molar-refractivity contribution is 0.0428. The van der Waals surface area contributed by atoms with Crippen LogP contribution in [0.2, 0.25) is 0 Å². The normalized spacial score (nSPS) is 14.4. The molecular weight excluding hydrogens is 308 g/mol. The Morgan fingerprint density at radius 1 is 1.29 bits per heavy atom. The fourth-order valence-corrected chi connectivity index (χ4v) is 2.51. The second-order valence-electron chi connectivity index (χ2n) is 5.43. The molecule has 0 aliphatic carbocycles. The number of amides is 2. The summed E-state index contributed by atoms with van der Waals surface area (Å²) < 4.78 is 10.6. The van der Waals surface area contributed by atoms with Crippen LogP contribution in [0.15, 0.2) is 47.5 Å². The van der Waals surface area contributed by atoms with Gasteiger partial charge >= 0.3 is 6.03 Å². The van der Waals surface area contributed by atoms with Crippen LogP contribution in [0.3, 0.4) is 0 Å². The van der Waals surface area contributed by atoms with Crippen LogP contribution in [0.1, 0.15) is 5.89 Å². The van der Waals surface area contributed by atoms with Gasteiger partial charge in [-0.2, -0.15) is 4.98 Å². The van der Waals surface area contributed by atoms with Crippen LogP contribution >= 0.6 is 0 Å². The number of rotatable bonds is 5. The Labute approximate surface area is 140 Å². The van der Waals surface area contributed by atoms with Gasteiger partial charge in [0.15, 0.2) is 0 Å². The fourth-order valence-electron chi connectivity index (χ4n) is 2.51. The highest BCUT2D eigenvalue weighted by Gasteiger charge is 2.24. The van der Waals surface area contributed by atoms with Crippen molar-refractivity contribution in [3.63, 3.8) is 0 Å². The first-order valence-electron chi connectivity index (χ1n) is 7.88. The Bertz CT molecular complexity index is 680. The molecule has 7 heteroatoms. The molecule has 0 bridgehead atoms. The van der Waals surface area contributed by atoms with Crippen molar-refractivity contribution in [2.24, 2.45) is 0 Å². The van der Waals surface area contributed by atoms with Gasteiger partial charge in [-0.1, -0.05) is 41.6 Å². The molecule has 2 amide bonds. The third-order valence-electron chi connectivity index (χ3n) is 3.73. The van der Waals surface area contributed by atoms with E-state index in [4.69, 9.17) is 9.26 Å². The molecule has 1 fully saturated rings. The van der Waals surface area contributed by atoms with E-state index < -0.39 is 0 Å². The highest BCUT2D eigenvalue weighted by molar-refractivity contribution is 5.74. The first-order chi connectivity index (χ1) is 11.8. The molecule has 0 spiro atoms. The fraction of sp³-hybridized carbons (Fsp3) is 0.353. The van der Waals surface area contributed by atoms with Gasteiger partial charge in [0.2, 0.25) is 11.7 Å². The van der Waals surface area contributed by atoms with Gasteiger partial charge in [0.05, 0.1) is 13.2 Å². The zero-order valence-electron chi connectivity index (χ0n) is 13.4. The summed E-state index contributed by atoms with van der Waals surface area (Å²) in [5, 5.41) is 3.99. The highest BCUT2D eigenvalue weighted by Crippen LogP contribution is 2.16. The number of carbonyl (C=O) groups excluding carboxylic acids is 1. The number of aromatic nitrogens is 2. The van der Waals surface area contributed by atoms with E-state index in [0.717, 1.165) is 5.56 Å². The molecule has 1 aromatic heterocycles. The highest BCUT2D eigenvalue weighted by atomic mass is 16.5. The van der Waals surface area contributed by atoms with Crippen molar-refractivity contribution in [1.82, 2.24) is 19.9 Å². The summed E-state index contributed by atoms with van der Waals surface area (Å²) in [4.78, 5) is 20.4. The Kier molecular flexibility index (Phi) is 5.22. The van der Waals surface area contributed by atoms with Gasteiger partial charge in [-0.15, -0.1) is 6.58 Å². The molecular formula is C17H20N4O3. The van der Waals surface area contributed by atoms with Gasteiger partial charge in [-0.25, -0.2) is 4.79 Å². The predicted octanol–water partition coefficient (Wildman–Crippen LogP) is 2.18. The molecule has 126 valence electrons. The number of hydrogen-bond donors (Lipinski definition) is 0. The van der Waals surface area contributed by atoms with Gasteiger partial charge in [0.1, 0.15) is 6.54 Å². The van der Waals surface area contributed by atoms with Gasteiger partial charge in [-0.05, 0) is 0 Å². The Hall–Kier alpha value is -2.67. The summed E-state index contributed by atoms with van der Waals surface area (Å²) in [7, 11) is 0. The van der Waals surface area contributed by atoms with Crippen LogP contribution < -0.4 is 0 Å². The van der Waals surface area contributed by atoms with Crippen molar-refractivity contribution in [1.29, 1.82) is 0 Å². The molecule has 1 saturated heterocycles. The van der Waals surface area contributed by atoms with Crippen LogP contribution in [0.25, 0.3) is 11.4 Å². The van der Waals surface area contributed by atoms with Gasteiger partial charge < -0.3 is 19.1 Å². The molecule has 0 radical (unpaired) electrons. The lowest BCUT2D eigenvalue weighted by Gasteiger charge is -2.31. The number of hydrogen-bond acceptors (Lipinski definition) is 5. The summed E-state index contributed by atoms with van der Waals surface area (Å²) >= 11 is 0. The maximum absolute atomic E-state index is 12.6. The van der Waals surface area contributed by atoms with Crippen molar-refractivity contribution >= 4 is 6.03 Å². The first kappa shape index (κ1) is 16.2. The minimum atomic E-state index is -0.0716. The predicted molar refractivity (Wildman–Crippen MR) is 88.1 cm³/mol. The molecule has 2 aromatic rings. The lowest BCUT2D eigenvalue weighted by Crippen LogP contribution is -2.48. The third kappa shape index (κ3) is 3.80. The van der Waals surface area contributed by atoms with Crippen molar-refractivity contribution in [2.75, 3.05) is 32.8 Å². The number of morpholine rings is 1. The second-order valence-corrected chi connectivity index (χ2v) is 5.43. The molecule has 7 nitrogen and oxygen atoms in total. The van der Waals surface area contributed by atoms with Crippen molar-refractivity contribution < 1.29 is 14.1 Å². The molecule has 24 heavy (non-hydrogen) atoms. The van der Waals surface area contributed by atoms with E-state index in [9.17, 15) is 4.79 Å². The van der Waals surface area contributed by atoms with Gasteiger partial charge in [-0.3, -0.25) is 0 Å². The minimum absolute atomic E-state index is 0.0716. The first-order valence-corrected chi connectivity index (χ1v) is 7.88. The van der Waals surface area contributed by atoms with E-state index in [1.165, 1.54) is 0 Å². The zero-order valence-corrected chi connectivity index (χ0v) is 13.4. The monoisotopic (exact) mass is 328 g/mol. The molecule has 0 unspecified atom stereocenters. The standard InChI is InChI=1S/C17H20N4O3/c1-2-8-21(17(22)20-9-11-23-12-10-20)13-15-18-16(19-24-15)14-6-4-3-5-7-14/h2-7H,1,8-13H2. The Morgan fingerprint density at radius 2 is 2.04 bits per heavy atom. The largest absolute Gasteiger partial charge is 0.378 e. The molecule has 0 N–H and O–H groups in total. The molecule has 1 aliphatic heterocycles. The van der Waals surface area contributed by atoms with E-state index >= 15 is 0 Å². The summed E-state index contributed by atoms with van der Waals surface area (Å²) in [5.41, 5.74) is 0.877. The Morgan fingerprint density at radius 3 is 2.75 bits per heavy atom. The summed E-state index contributed by atoms with van der Waals surface area (Å²) in [6, 6.07) is 9.51. The lowest BCUT2D eigenvalue weighted by atomic mass is 10.2. The minimum Gasteiger partial charge on any atom is -0.378 e. The smallest absolute Gasteiger partial charge is 0.320 e. The summed E-state index contributed by atoms with van der Waals surface area (Å²) in [5.74, 6) is 0.917. The van der Waals surface area contributed by atoms with Crippen LogP contribution in [-0.4, -0.2) is 58.8 Å². The third-order valence-corrected chi connectivity index (χ3v) is 3.73. The number of urea groups is 1. The SMILES string of the molecule is C=CCN(Cc1nc(-c2ccccc2)no1)C(=O)N1CCOCC1. The zero-order chi connectivity index (χ0) is 16.8. The molecule has 1 aliphatic rings. The number of carbonyl (C=O) groups is 1. The molecule has 3 rings (SSSR count). The van der Waals surface area contributed by atoms with E-state index in [1.54, 1.807) is 15.9 Å².